The molecule has 0 atom stereocenters. The molecule has 2 aromatic rings. The van der Waals surface area contributed by atoms with Gasteiger partial charge in [-0.3, -0.25) is 0 Å². The van der Waals surface area contributed by atoms with Gasteiger partial charge >= 0.3 is 5.97 Å². The Morgan fingerprint density at radius 3 is 2.89 bits per heavy atom. The van der Waals surface area contributed by atoms with Gasteiger partial charge in [0.1, 0.15) is 11.5 Å². The number of rotatable bonds is 5. The summed E-state index contributed by atoms with van der Waals surface area (Å²) in [6.07, 6.45) is 1.50. The van der Waals surface area contributed by atoms with E-state index in [1.165, 1.54) is 5.56 Å². The highest BCUT2D eigenvalue weighted by molar-refractivity contribution is 5.86. The quantitative estimate of drug-likeness (QED) is 0.895. The van der Waals surface area contributed by atoms with E-state index >= 15 is 0 Å². The zero-order chi connectivity index (χ0) is 13.8. The Kier molecular flexibility index (Phi) is 3.85. The van der Waals surface area contributed by atoms with Crippen molar-refractivity contribution in [2.75, 3.05) is 6.61 Å². The fraction of sp³-hybridized carbons (Fsp3) is 0.286. The van der Waals surface area contributed by atoms with Crippen LogP contribution in [0.2, 0.25) is 0 Å². The van der Waals surface area contributed by atoms with Gasteiger partial charge < -0.3 is 14.3 Å². The summed E-state index contributed by atoms with van der Waals surface area (Å²) in [4.78, 5) is 14.5. The lowest BCUT2D eigenvalue weighted by Gasteiger charge is -2.08. The van der Waals surface area contributed by atoms with Gasteiger partial charge in [0.15, 0.2) is 12.1 Å². The Labute approximate surface area is 110 Å². The van der Waals surface area contributed by atoms with Gasteiger partial charge in [-0.2, -0.15) is 0 Å². The molecule has 1 N–H and O–H groups in total. The maximum Gasteiger partial charge on any atom is 0.358 e. The first-order chi connectivity index (χ1) is 9.08. The second-order valence-electron chi connectivity index (χ2n) is 4.30. The summed E-state index contributed by atoms with van der Waals surface area (Å²) < 4.78 is 10.7. The van der Waals surface area contributed by atoms with E-state index in [1.807, 2.05) is 32.0 Å². The van der Waals surface area contributed by atoms with Crippen LogP contribution < -0.4 is 4.74 Å². The molecule has 0 saturated carbocycles. The molecule has 0 unspecified atom stereocenters. The van der Waals surface area contributed by atoms with E-state index in [0.717, 1.165) is 17.7 Å². The van der Waals surface area contributed by atoms with Crippen LogP contribution in [0.25, 0.3) is 0 Å². The molecule has 0 amide bonds. The van der Waals surface area contributed by atoms with Crippen molar-refractivity contribution in [1.82, 2.24) is 4.98 Å². The molecule has 100 valence electrons. The first-order valence-corrected chi connectivity index (χ1v) is 5.93. The van der Waals surface area contributed by atoms with Gasteiger partial charge in [-0.1, -0.05) is 17.7 Å². The number of aryl methyl sites for hydroxylation is 2. The van der Waals surface area contributed by atoms with Crippen molar-refractivity contribution in [3.8, 4) is 5.75 Å². The number of hydrogen-bond donors (Lipinski definition) is 1. The Morgan fingerprint density at radius 1 is 1.42 bits per heavy atom. The molecule has 1 aromatic heterocycles. The summed E-state index contributed by atoms with van der Waals surface area (Å²) in [5, 5.41) is 8.88. The molecule has 1 heterocycles. The third-order valence-corrected chi connectivity index (χ3v) is 2.76. The number of hydrogen-bond acceptors (Lipinski definition) is 4. The zero-order valence-corrected chi connectivity index (χ0v) is 10.8. The number of nitrogens with zero attached hydrogens (tertiary/aromatic N) is 1. The van der Waals surface area contributed by atoms with Gasteiger partial charge in [-0.25, -0.2) is 9.78 Å². The van der Waals surface area contributed by atoms with Crippen LogP contribution in [0.4, 0.5) is 0 Å². The minimum Gasteiger partial charge on any atom is -0.493 e. The average Bonchev–Trinajstić information content (AvgIpc) is 2.80. The summed E-state index contributed by atoms with van der Waals surface area (Å²) in [6, 6.07) is 5.91. The maximum absolute atomic E-state index is 10.8. The number of aromatic nitrogens is 1. The highest BCUT2D eigenvalue weighted by atomic mass is 16.5. The van der Waals surface area contributed by atoms with Gasteiger partial charge in [0, 0.05) is 6.42 Å². The standard InChI is InChI=1S/C14H15NO4/c1-9-3-4-11(10(2)7-9)18-6-5-12-13(14(16)17)15-8-19-12/h3-4,7-8H,5-6H2,1-2H3,(H,16,17). The summed E-state index contributed by atoms with van der Waals surface area (Å²) in [7, 11) is 0. The minimum absolute atomic E-state index is 0.0516. The number of benzene rings is 1. The molecule has 5 nitrogen and oxygen atoms in total. The van der Waals surface area contributed by atoms with Crippen LogP contribution in [0.3, 0.4) is 0 Å². The monoisotopic (exact) mass is 261 g/mol. The van der Waals surface area contributed by atoms with Crippen molar-refractivity contribution >= 4 is 5.97 Å². The van der Waals surface area contributed by atoms with Crippen LogP contribution in [-0.2, 0) is 6.42 Å². The number of aromatic carboxylic acids is 1. The molecule has 0 aliphatic rings. The van der Waals surface area contributed by atoms with Gasteiger partial charge in [-0.15, -0.1) is 0 Å². The predicted molar refractivity (Wildman–Crippen MR) is 68.6 cm³/mol. The minimum atomic E-state index is -1.09. The molecule has 0 aliphatic carbocycles. The van der Waals surface area contributed by atoms with E-state index in [4.69, 9.17) is 14.3 Å². The topological polar surface area (TPSA) is 72.6 Å². The van der Waals surface area contributed by atoms with Crippen molar-refractivity contribution in [3.05, 3.63) is 47.2 Å². The van der Waals surface area contributed by atoms with E-state index in [9.17, 15) is 4.79 Å². The molecule has 0 radical (unpaired) electrons. The Balaban J connectivity index is 1.96. The third kappa shape index (κ3) is 3.13. The number of oxazole rings is 1. The lowest BCUT2D eigenvalue weighted by atomic mass is 10.1. The number of carboxylic acid groups (broad SMARTS) is 1. The predicted octanol–water partition coefficient (Wildman–Crippen LogP) is 2.61. The molecule has 2 rings (SSSR count). The first kappa shape index (κ1) is 13.1. The summed E-state index contributed by atoms with van der Waals surface area (Å²) in [6.45, 7) is 4.34. The fourth-order valence-corrected chi connectivity index (χ4v) is 1.84. The molecular weight excluding hydrogens is 246 g/mol. The van der Waals surface area contributed by atoms with Crippen LogP contribution in [0.15, 0.2) is 29.0 Å². The highest BCUT2D eigenvalue weighted by Gasteiger charge is 2.15. The molecule has 0 saturated heterocycles. The van der Waals surface area contributed by atoms with Crippen molar-refractivity contribution < 1.29 is 19.1 Å². The number of carboxylic acids is 1. The molecule has 0 aliphatic heterocycles. The molecule has 1 aromatic carbocycles. The van der Waals surface area contributed by atoms with Crippen LogP contribution in [-0.4, -0.2) is 22.7 Å². The molecule has 0 fully saturated rings. The van der Waals surface area contributed by atoms with E-state index in [2.05, 4.69) is 4.98 Å². The Bertz CT molecular complexity index is 589. The van der Waals surface area contributed by atoms with Crippen molar-refractivity contribution in [1.29, 1.82) is 0 Å². The van der Waals surface area contributed by atoms with Crippen LogP contribution in [0, 0.1) is 13.8 Å². The summed E-state index contributed by atoms with van der Waals surface area (Å²) in [5.41, 5.74) is 2.17. The summed E-state index contributed by atoms with van der Waals surface area (Å²) >= 11 is 0. The normalized spacial score (nSPS) is 10.4. The lowest BCUT2D eigenvalue weighted by Crippen LogP contribution is -2.06. The first-order valence-electron chi connectivity index (χ1n) is 5.93. The fourth-order valence-electron chi connectivity index (χ4n) is 1.84. The highest BCUT2D eigenvalue weighted by Crippen LogP contribution is 2.19. The molecule has 19 heavy (non-hydrogen) atoms. The van der Waals surface area contributed by atoms with Gasteiger partial charge in [-0.05, 0) is 25.5 Å². The molecular formula is C14H15NO4. The molecule has 0 spiro atoms. The second-order valence-corrected chi connectivity index (χ2v) is 4.30. The van der Waals surface area contributed by atoms with E-state index in [0.29, 0.717) is 18.8 Å². The van der Waals surface area contributed by atoms with Gasteiger partial charge in [0.2, 0.25) is 0 Å². The van der Waals surface area contributed by atoms with Crippen molar-refractivity contribution in [3.63, 3.8) is 0 Å². The zero-order valence-electron chi connectivity index (χ0n) is 10.8. The van der Waals surface area contributed by atoms with Crippen LogP contribution >= 0.6 is 0 Å². The third-order valence-electron chi connectivity index (χ3n) is 2.76. The van der Waals surface area contributed by atoms with Crippen molar-refractivity contribution in [2.24, 2.45) is 0 Å². The SMILES string of the molecule is Cc1ccc(OCCc2ocnc2C(=O)O)c(C)c1. The van der Waals surface area contributed by atoms with E-state index < -0.39 is 5.97 Å². The lowest BCUT2D eigenvalue weighted by molar-refractivity contribution is 0.0688. The molecule has 0 bridgehead atoms. The average molecular weight is 261 g/mol. The Morgan fingerprint density at radius 2 is 2.21 bits per heavy atom. The van der Waals surface area contributed by atoms with E-state index in [-0.39, 0.29) is 5.69 Å². The van der Waals surface area contributed by atoms with Gasteiger partial charge in [0.05, 0.1) is 6.61 Å². The molecule has 5 heteroatoms. The smallest absolute Gasteiger partial charge is 0.358 e. The number of ether oxygens (including phenoxy) is 1. The maximum atomic E-state index is 10.8. The Hall–Kier alpha value is -2.30. The second kappa shape index (κ2) is 5.56. The van der Waals surface area contributed by atoms with Crippen LogP contribution in [0.5, 0.6) is 5.75 Å². The largest absolute Gasteiger partial charge is 0.493 e. The van der Waals surface area contributed by atoms with E-state index in [1.54, 1.807) is 0 Å². The number of carbonyl (C=O) groups is 1. The van der Waals surface area contributed by atoms with Gasteiger partial charge in [0.25, 0.3) is 0 Å². The van der Waals surface area contributed by atoms with Crippen LogP contribution in [0.1, 0.15) is 27.4 Å². The summed E-state index contributed by atoms with van der Waals surface area (Å²) in [5.74, 6) is 0.0366. The van der Waals surface area contributed by atoms with Crippen molar-refractivity contribution in [2.45, 2.75) is 20.3 Å².